The highest BCUT2D eigenvalue weighted by Crippen LogP contribution is 2.30. The van der Waals surface area contributed by atoms with E-state index in [0.717, 1.165) is 5.56 Å². The van der Waals surface area contributed by atoms with E-state index in [9.17, 15) is 4.39 Å². The largest absolute Gasteiger partial charge is 0.456 e. The molecule has 0 spiro atoms. The molecule has 0 radical (unpaired) electrons. The fourth-order valence-electron chi connectivity index (χ4n) is 1.32. The second-order valence-electron chi connectivity index (χ2n) is 3.49. The van der Waals surface area contributed by atoms with Crippen LogP contribution in [0.4, 0.5) is 4.39 Å². The molecular weight excluding hydrogens is 227 g/mol. The Morgan fingerprint density at radius 2 is 1.75 bits per heavy atom. The summed E-state index contributed by atoms with van der Waals surface area (Å²) in [7, 11) is 0. The van der Waals surface area contributed by atoms with Crippen LogP contribution in [0.25, 0.3) is 0 Å². The van der Waals surface area contributed by atoms with Gasteiger partial charge in [0.2, 0.25) is 0 Å². The zero-order chi connectivity index (χ0) is 11.5. The third-order valence-electron chi connectivity index (χ3n) is 2.13. The van der Waals surface area contributed by atoms with Crippen LogP contribution in [0.5, 0.6) is 11.5 Å². The van der Waals surface area contributed by atoms with Crippen molar-refractivity contribution in [3.8, 4) is 11.5 Å². The molecule has 1 nitrogen and oxygen atoms in total. The maximum absolute atomic E-state index is 12.7. The van der Waals surface area contributed by atoms with Gasteiger partial charge in [-0.25, -0.2) is 4.39 Å². The Kier molecular flexibility index (Phi) is 3.11. The van der Waals surface area contributed by atoms with E-state index in [1.54, 1.807) is 18.2 Å². The van der Waals surface area contributed by atoms with Crippen LogP contribution in [0.3, 0.4) is 0 Å². The van der Waals surface area contributed by atoms with Crippen molar-refractivity contribution in [1.82, 2.24) is 0 Å². The molecule has 2 rings (SSSR count). The lowest BCUT2D eigenvalue weighted by molar-refractivity contribution is 0.480. The molecule has 0 atom stereocenters. The van der Waals surface area contributed by atoms with Crippen LogP contribution in [0, 0.1) is 12.7 Å². The fourth-order valence-corrected chi connectivity index (χ4v) is 1.47. The van der Waals surface area contributed by atoms with Crippen molar-refractivity contribution >= 4 is 11.6 Å². The van der Waals surface area contributed by atoms with Crippen molar-refractivity contribution in [2.45, 2.75) is 6.92 Å². The lowest BCUT2D eigenvalue weighted by Gasteiger charge is -2.08. The first-order chi connectivity index (χ1) is 7.65. The molecule has 0 heterocycles. The van der Waals surface area contributed by atoms with Crippen molar-refractivity contribution in [1.29, 1.82) is 0 Å². The number of aryl methyl sites for hydroxylation is 1. The number of ether oxygens (including phenoxy) is 1. The summed E-state index contributed by atoms with van der Waals surface area (Å²) >= 11 is 5.98. The summed E-state index contributed by atoms with van der Waals surface area (Å²) in [5, 5.41) is 0.537. The predicted molar refractivity (Wildman–Crippen MR) is 62.7 cm³/mol. The summed E-state index contributed by atoms with van der Waals surface area (Å²) in [4.78, 5) is 0. The van der Waals surface area contributed by atoms with Crippen LogP contribution in [0.15, 0.2) is 42.5 Å². The zero-order valence-corrected chi connectivity index (χ0v) is 9.46. The summed E-state index contributed by atoms with van der Waals surface area (Å²) in [6, 6.07) is 11.3. The Hall–Kier alpha value is -1.54. The lowest BCUT2D eigenvalue weighted by atomic mass is 10.2. The van der Waals surface area contributed by atoms with Gasteiger partial charge in [0.25, 0.3) is 0 Å². The third-order valence-corrected chi connectivity index (χ3v) is 2.44. The first kappa shape index (κ1) is 11.0. The molecule has 0 N–H and O–H groups in total. The standard InChI is InChI=1S/C13H10ClFO/c1-9-2-7-12(14)13(8-9)16-11-5-3-10(15)4-6-11/h2-8H,1H3. The first-order valence-corrected chi connectivity index (χ1v) is 5.22. The van der Waals surface area contributed by atoms with Gasteiger partial charge in [0.05, 0.1) is 5.02 Å². The highest BCUT2D eigenvalue weighted by Gasteiger charge is 2.03. The van der Waals surface area contributed by atoms with E-state index in [2.05, 4.69) is 0 Å². The van der Waals surface area contributed by atoms with Gasteiger partial charge in [-0.2, -0.15) is 0 Å². The predicted octanol–water partition coefficient (Wildman–Crippen LogP) is 4.58. The van der Waals surface area contributed by atoms with Crippen molar-refractivity contribution in [2.24, 2.45) is 0 Å². The molecule has 0 saturated carbocycles. The minimum Gasteiger partial charge on any atom is -0.456 e. The molecule has 2 aromatic carbocycles. The molecule has 2 aromatic rings. The molecule has 16 heavy (non-hydrogen) atoms. The highest BCUT2D eigenvalue weighted by molar-refractivity contribution is 6.32. The van der Waals surface area contributed by atoms with Gasteiger partial charge in [-0.1, -0.05) is 17.7 Å². The number of hydrogen-bond donors (Lipinski definition) is 0. The smallest absolute Gasteiger partial charge is 0.146 e. The van der Waals surface area contributed by atoms with E-state index >= 15 is 0 Å². The van der Waals surface area contributed by atoms with Crippen molar-refractivity contribution < 1.29 is 9.13 Å². The molecule has 3 heteroatoms. The SMILES string of the molecule is Cc1ccc(Cl)c(Oc2ccc(F)cc2)c1. The molecule has 0 aliphatic rings. The molecule has 0 aliphatic heterocycles. The molecule has 0 aromatic heterocycles. The van der Waals surface area contributed by atoms with Gasteiger partial charge in [-0.3, -0.25) is 0 Å². The summed E-state index contributed by atoms with van der Waals surface area (Å²) in [5.41, 5.74) is 1.06. The molecule has 0 fully saturated rings. The number of benzene rings is 2. The van der Waals surface area contributed by atoms with E-state index < -0.39 is 0 Å². The van der Waals surface area contributed by atoms with E-state index in [1.807, 2.05) is 19.1 Å². The van der Waals surface area contributed by atoms with Gasteiger partial charge in [0.1, 0.15) is 17.3 Å². The lowest BCUT2D eigenvalue weighted by Crippen LogP contribution is -1.86. The average Bonchev–Trinajstić information content (AvgIpc) is 2.27. The van der Waals surface area contributed by atoms with E-state index in [0.29, 0.717) is 16.5 Å². The summed E-state index contributed by atoms with van der Waals surface area (Å²) in [5.74, 6) is 0.852. The fraction of sp³-hybridized carbons (Fsp3) is 0.0769. The van der Waals surface area contributed by atoms with Crippen LogP contribution in [0.2, 0.25) is 5.02 Å². The Bertz CT molecular complexity index is 494. The normalized spacial score (nSPS) is 10.2. The molecule has 0 bridgehead atoms. The topological polar surface area (TPSA) is 9.23 Å². The molecule has 0 amide bonds. The first-order valence-electron chi connectivity index (χ1n) is 4.85. The van der Waals surface area contributed by atoms with Gasteiger partial charge < -0.3 is 4.74 Å². The molecule has 0 saturated heterocycles. The minimum atomic E-state index is -0.289. The van der Waals surface area contributed by atoms with E-state index in [1.165, 1.54) is 12.1 Å². The minimum absolute atomic E-state index is 0.289. The van der Waals surface area contributed by atoms with Gasteiger partial charge >= 0.3 is 0 Å². The monoisotopic (exact) mass is 236 g/mol. The van der Waals surface area contributed by atoms with E-state index in [4.69, 9.17) is 16.3 Å². The molecule has 0 unspecified atom stereocenters. The summed E-state index contributed by atoms with van der Waals surface area (Å²) < 4.78 is 18.2. The second-order valence-corrected chi connectivity index (χ2v) is 3.90. The molecular formula is C13H10ClFO. The van der Waals surface area contributed by atoms with Gasteiger partial charge in [-0.05, 0) is 48.9 Å². The molecule has 0 aliphatic carbocycles. The van der Waals surface area contributed by atoms with Crippen molar-refractivity contribution in [2.75, 3.05) is 0 Å². The van der Waals surface area contributed by atoms with Crippen LogP contribution in [-0.4, -0.2) is 0 Å². The second kappa shape index (κ2) is 4.54. The van der Waals surface area contributed by atoms with Gasteiger partial charge in [-0.15, -0.1) is 0 Å². The van der Waals surface area contributed by atoms with Crippen LogP contribution >= 0.6 is 11.6 Å². The Morgan fingerprint density at radius 3 is 2.44 bits per heavy atom. The average molecular weight is 237 g/mol. The van der Waals surface area contributed by atoms with Gasteiger partial charge in [0.15, 0.2) is 0 Å². The Labute approximate surface area is 98.4 Å². The van der Waals surface area contributed by atoms with Crippen LogP contribution < -0.4 is 4.74 Å². The van der Waals surface area contributed by atoms with Crippen molar-refractivity contribution in [3.05, 3.63) is 58.9 Å². The van der Waals surface area contributed by atoms with Crippen LogP contribution in [0.1, 0.15) is 5.56 Å². The zero-order valence-electron chi connectivity index (χ0n) is 8.71. The maximum atomic E-state index is 12.7. The molecule has 82 valence electrons. The maximum Gasteiger partial charge on any atom is 0.146 e. The number of halogens is 2. The Balaban J connectivity index is 2.26. The third kappa shape index (κ3) is 2.52. The van der Waals surface area contributed by atoms with E-state index in [-0.39, 0.29) is 5.82 Å². The summed E-state index contributed by atoms with van der Waals surface area (Å²) in [6.45, 7) is 1.95. The quantitative estimate of drug-likeness (QED) is 0.742. The number of hydrogen-bond acceptors (Lipinski definition) is 1. The van der Waals surface area contributed by atoms with Crippen LogP contribution in [-0.2, 0) is 0 Å². The summed E-state index contributed by atoms with van der Waals surface area (Å²) in [6.07, 6.45) is 0. The van der Waals surface area contributed by atoms with Crippen molar-refractivity contribution in [3.63, 3.8) is 0 Å². The highest BCUT2D eigenvalue weighted by atomic mass is 35.5. The van der Waals surface area contributed by atoms with Gasteiger partial charge in [0, 0.05) is 0 Å². The Morgan fingerprint density at radius 1 is 1.06 bits per heavy atom. The number of rotatable bonds is 2.